The molecule has 3 nitrogen and oxygen atoms in total. The number of rotatable bonds is 7. The molecule has 2 aliphatic carbocycles. The number of hydrogen-bond donors (Lipinski definition) is 1. The van der Waals surface area contributed by atoms with Gasteiger partial charge in [-0.3, -0.25) is 4.79 Å². The second kappa shape index (κ2) is 7.45. The van der Waals surface area contributed by atoms with Crippen molar-refractivity contribution >= 4 is 27.5 Å². The Hall–Kier alpha value is -1.42. The van der Waals surface area contributed by atoms with Gasteiger partial charge in [0, 0.05) is 12.5 Å². The lowest BCUT2D eigenvalue weighted by Gasteiger charge is -2.28. The molecule has 2 fully saturated rings. The van der Waals surface area contributed by atoms with Crippen molar-refractivity contribution in [2.45, 2.75) is 64.3 Å². The molecule has 4 heteroatoms. The summed E-state index contributed by atoms with van der Waals surface area (Å²) in [6, 6.07) is 8.65. The first kappa shape index (κ1) is 17.0. The quantitative estimate of drug-likeness (QED) is 0.713. The lowest BCUT2D eigenvalue weighted by atomic mass is 9.84. The van der Waals surface area contributed by atoms with Crippen molar-refractivity contribution in [1.29, 1.82) is 0 Å². The van der Waals surface area contributed by atoms with Gasteiger partial charge in [0.25, 0.3) is 0 Å². The number of hydrogen-bond acceptors (Lipinski definition) is 3. The number of amides is 1. The van der Waals surface area contributed by atoms with E-state index in [1.165, 1.54) is 35.4 Å². The Labute approximate surface area is 154 Å². The van der Waals surface area contributed by atoms with E-state index in [-0.39, 0.29) is 5.91 Å². The van der Waals surface area contributed by atoms with Crippen LogP contribution in [0, 0.1) is 17.8 Å². The maximum atomic E-state index is 12.2. The topological polar surface area (TPSA) is 42.0 Å². The Bertz CT molecular complexity index is 707. The van der Waals surface area contributed by atoms with Gasteiger partial charge in [0.05, 0.1) is 15.2 Å². The minimum atomic E-state index is 0.236. The number of fused-ring (bicyclic) bond motifs is 3. The summed E-state index contributed by atoms with van der Waals surface area (Å²) in [7, 11) is 0. The molecule has 1 aromatic carbocycles. The smallest absolute Gasteiger partial charge is 0.220 e. The van der Waals surface area contributed by atoms with Crippen LogP contribution in [0.25, 0.3) is 10.2 Å². The van der Waals surface area contributed by atoms with E-state index in [0.717, 1.165) is 42.5 Å². The normalized spacial score (nSPS) is 26.2. The Balaban J connectivity index is 1.17. The Morgan fingerprint density at radius 1 is 1.28 bits per heavy atom. The number of unbranched alkanes of at least 4 members (excludes halogenated alkanes) is 1. The van der Waals surface area contributed by atoms with E-state index < -0.39 is 0 Å². The van der Waals surface area contributed by atoms with Crippen LogP contribution >= 0.6 is 11.3 Å². The van der Waals surface area contributed by atoms with Gasteiger partial charge in [0.1, 0.15) is 0 Å². The van der Waals surface area contributed by atoms with E-state index in [2.05, 4.69) is 35.4 Å². The van der Waals surface area contributed by atoms with Gasteiger partial charge in [-0.25, -0.2) is 4.98 Å². The SMILES string of the molecule is CC(NC(=O)CCCCc1nc2ccccc2s1)C1CC2CCC1C2. The first-order chi connectivity index (χ1) is 12.2. The van der Waals surface area contributed by atoms with Crippen molar-refractivity contribution < 1.29 is 4.79 Å². The third-order valence-electron chi connectivity index (χ3n) is 6.21. The number of thiazole rings is 1. The summed E-state index contributed by atoms with van der Waals surface area (Å²) in [5.74, 6) is 2.78. The molecule has 2 saturated carbocycles. The Kier molecular flexibility index (Phi) is 5.07. The Morgan fingerprint density at radius 2 is 2.16 bits per heavy atom. The molecule has 0 aliphatic heterocycles. The van der Waals surface area contributed by atoms with Crippen LogP contribution in [-0.2, 0) is 11.2 Å². The van der Waals surface area contributed by atoms with Gasteiger partial charge in [-0.1, -0.05) is 18.6 Å². The fourth-order valence-corrected chi connectivity index (χ4v) is 5.94. The standard InChI is InChI=1S/C21H28N2OS/c1-14(17-13-15-10-11-16(17)12-15)22-20(24)8-4-5-9-21-23-18-6-2-3-7-19(18)25-21/h2-3,6-7,14-17H,4-5,8-13H2,1H3,(H,22,24). The number of carbonyl (C=O) groups is 1. The van der Waals surface area contributed by atoms with Crippen molar-refractivity contribution in [3.8, 4) is 0 Å². The summed E-state index contributed by atoms with van der Waals surface area (Å²) in [5.41, 5.74) is 1.10. The zero-order valence-corrected chi connectivity index (χ0v) is 15.9. The fourth-order valence-electron chi connectivity index (χ4n) is 4.93. The van der Waals surface area contributed by atoms with E-state index in [1.54, 1.807) is 11.3 Å². The van der Waals surface area contributed by atoms with Crippen LogP contribution < -0.4 is 5.32 Å². The average Bonchev–Trinajstić information content (AvgIpc) is 3.32. The molecule has 4 atom stereocenters. The van der Waals surface area contributed by atoms with Crippen molar-refractivity contribution in [1.82, 2.24) is 10.3 Å². The molecule has 2 aromatic rings. The summed E-state index contributed by atoms with van der Waals surface area (Å²) in [4.78, 5) is 16.9. The molecular weight excluding hydrogens is 328 g/mol. The van der Waals surface area contributed by atoms with Gasteiger partial charge < -0.3 is 5.32 Å². The highest BCUT2D eigenvalue weighted by Crippen LogP contribution is 2.49. The van der Waals surface area contributed by atoms with E-state index in [4.69, 9.17) is 0 Å². The molecular formula is C21H28N2OS. The molecule has 0 spiro atoms. The number of carbonyl (C=O) groups excluding carboxylic acids is 1. The average molecular weight is 357 g/mol. The van der Waals surface area contributed by atoms with Gasteiger partial charge in [-0.2, -0.15) is 0 Å². The molecule has 4 rings (SSSR count). The molecule has 0 saturated heterocycles. The van der Waals surface area contributed by atoms with Gasteiger partial charge in [0.15, 0.2) is 0 Å². The number of para-hydroxylation sites is 1. The first-order valence-electron chi connectivity index (χ1n) is 9.83. The van der Waals surface area contributed by atoms with E-state index in [9.17, 15) is 4.79 Å². The Morgan fingerprint density at radius 3 is 2.92 bits per heavy atom. The molecule has 1 N–H and O–H groups in total. The summed E-state index contributed by atoms with van der Waals surface area (Å²) in [6.45, 7) is 2.21. The summed E-state index contributed by atoms with van der Waals surface area (Å²) < 4.78 is 1.26. The van der Waals surface area contributed by atoms with Crippen LogP contribution in [0.2, 0.25) is 0 Å². The monoisotopic (exact) mass is 356 g/mol. The molecule has 25 heavy (non-hydrogen) atoms. The van der Waals surface area contributed by atoms with E-state index in [0.29, 0.717) is 12.5 Å². The second-order valence-corrected chi connectivity index (χ2v) is 9.09. The van der Waals surface area contributed by atoms with Gasteiger partial charge in [0.2, 0.25) is 5.91 Å². The second-order valence-electron chi connectivity index (χ2n) is 7.98. The lowest BCUT2D eigenvalue weighted by molar-refractivity contribution is -0.122. The third kappa shape index (κ3) is 3.89. The third-order valence-corrected chi connectivity index (χ3v) is 7.30. The van der Waals surface area contributed by atoms with Gasteiger partial charge in [-0.05, 0) is 75.3 Å². The molecule has 4 unspecified atom stereocenters. The zero-order valence-electron chi connectivity index (χ0n) is 15.0. The summed E-state index contributed by atoms with van der Waals surface area (Å²) in [5, 5.41) is 4.47. The van der Waals surface area contributed by atoms with Crippen LogP contribution in [-0.4, -0.2) is 16.9 Å². The highest BCUT2D eigenvalue weighted by atomic mass is 32.1. The number of nitrogens with zero attached hydrogens (tertiary/aromatic N) is 1. The maximum Gasteiger partial charge on any atom is 0.220 e. The zero-order chi connectivity index (χ0) is 17.2. The molecule has 0 radical (unpaired) electrons. The molecule has 2 bridgehead atoms. The molecule has 134 valence electrons. The minimum absolute atomic E-state index is 0.236. The number of aromatic nitrogens is 1. The van der Waals surface area contributed by atoms with Crippen molar-refractivity contribution in [2.24, 2.45) is 17.8 Å². The van der Waals surface area contributed by atoms with Gasteiger partial charge >= 0.3 is 0 Å². The van der Waals surface area contributed by atoms with Crippen molar-refractivity contribution in [3.63, 3.8) is 0 Å². The van der Waals surface area contributed by atoms with E-state index in [1.807, 2.05) is 6.07 Å². The minimum Gasteiger partial charge on any atom is -0.353 e. The fraction of sp³-hybridized carbons (Fsp3) is 0.619. The van der Waals surface area contributed by atoms with Crippen molar-refractivity contribution in [2.75, 3.05) is 0 Å². The van der Waals surface area contributed by atoms with Crippen LogP contribution in [0.3, 0.4) is 0 Å². The number of nitrogens with one attached hydrogen (secondary N) is 1. The summed E-state index contributed by atoms with van der Waals surface area (Å²) >= 11 is 1.78. The number of aryl methyl sites for hydroxylation is 1. The highest BCUT2D eigenvalue weighted by molar-refractivity contribution is 7.18. The number of benzene rings is 1. The first-order valence-corrected chi connectivity index (χ1v) is 10.6. The molecule has 1 heterocycles. The largest absolute Gasteiger partial charge is 0.353 e. The lowest BCUT2D eigenvalue weighted by Crippen LogP contribution is -2.40. The highest BCUT2D eigenvalue weighted by Gasteiger charge is 2.41. The predicted octanol–water partition coefficient (Wildman–Crippen LogP) is 4.95. The van der Waals surface area contributed by atoms with Gasteiger partial charge in [-0.15, -0.1) is 11.3 Å². The van der Waals surface area contributed by atoms with Crippen LogP contribution in [0.15, 0.2) is 24.3 Å². The van der Waals surface area contributed by atoms with Crippen LogP contribution in [0.1, 0.15) is 56.9 Å². The summed E-state index contributed by atoms with van der Waals surface area (Å²) in [6.07, 6.45) is 9.17. The molecule has 2 aliphatic rings. The van der Waals surface area contributed by atoms with Crippen LogP contribution in [0.4, 0.5) is 0 Å². The van der Waals surface area contributed by atoms with Crippen molar-refractivity contribution in [3.05, 3.63) is 29.3 Å². The van der Waals surface area contributed by atoms with Crippen LogP contribution in [0.5, 0.6) is 0 Å². The van der Waals surface area contributed by atoms with E-state index >= 15 is 0 Å². The predicted molar refractivity (Wildman–Crippen MR) is 104 cm³/mol. The molecule has 1 aromatic heterocycles. The maximum absolute atomic E-state index is 12.2. The molecule has 1 amide bonds.